The lowest BCUT2D eigenvalue weighted by Crippen LogP contribution is -2.42. The molecule has 1 aliphatic carbocycles. The van der Waals surface area contributed by atoms with Crippen molar-refractivity contribution in [1.29, 1.82) is 0 Å². The second-order valence-electron chi connectivity index (χ2n) is 6.51. The number of pyridine rings is 1. The van der Waals surface area contributed by atoms with E-state index in [2.05, 4.69) is 20.6 Å². The van der Waals surface area contributed by atoms with Crippen LogP contribution in [0.2, 0.25) is 0 Å². The Morgan fingerprint density at radius 3 is 3.00 bits per heavy atom. The first-order chi connectivity index (χ1) is 12.2. The number of hydrogen-bond acceptors (Lipinski definition) is 4. The summed E-state index contributed by atoms with van der Waals surface area (Å²) < 4.78 is 7.83. The fourth-order valence-corrected chi connectivity index (χ4v) is 3.02. The standard InChI is InChI=1S/C18H25N5O2/c1-14(12-23-9-8-19-13-23)22-18(24)21-11-15-6-7-20-17(10-15)25-16-4-2-3-5-16/h6-10,13-14,16H,2-5,11-12H2,1H3,(H2,21,22,24)/t14-/m0/s1. The molecule has 2 aromatic heterocycles. The molecule has 2 aromatic rings. The van der Waals surface area contributed by atoms with Gasteiger partial charge in [0.05, 0.1) is 6.33 Å². The van der Waals surface area contributed by atoms with Gasteiger partial charge in [-0.3, -0.25) is 0 Å². The van der Waals surface area contributed by atoms with Crippen LogP contribution in [0.4, 0.5) is 4.79 Å². The predicted octanol–water partition coefficient (Wildman–Crippen LogP) is 2.49. The number of urea groups is 1. The molecule has 7 nitrogen and oxygen atoms in total. The molecule has 1 aliphatic rings. The highest BCUT2D eigenvalue weighted by Gasteiger charge is 2.17. The van der Waals surface area contributed by atoms with Crippen LogP contribution in [0.5, 0.6) is 5.88 Å². The lowest BCUT2D eigenvalue weighted by Gasteiger charge is -2.15. The summed E-state index contributed by atoms with van der Waals surface area (Å²) in [5, 5.41) is 5.79. The number of carbonyl (C=O) groups excluding carboxylic acids is 1. The van der Waals surface area contributed by atoms with Crippen molar-refractivity contribution in [3.8, 4) is 5.88 Å². The first-order valence-corrected chi connectivity index (χ1v) is 8.81. The third-order valence-electron chi connectivity index (χ3n) is 4.26. The van der Waals surface area contributed by atoms with Gasteiger partial charge in [-0.2, -0.15) is 0 Å². The van der Waals surface area contributed by atoms with Crippen molar-refractivity contribution in [3.63, 3.8) is 0 Å². The molecule has 0 unspecified atom stereocenters. The number of aromatic nitrogens is 3. The smallest absolute Gasteiger partial charge is 0.315 e. The summed E-state index contributed by atoms with van der Waals surface area (Å²) in [6.45, 7) is 3.08. The molecule has 7 heteroatoms. The zero-order valence-electron chi connectivity index (χ0n) is 14.5. The Morgan fingerprint density at radius 2 is 2.24 bits per heavy atom. The molecule has 0 bridgehead atoms. The van der Waals surface area contributed by atoms with Gasteiger partial charge in [0.25, 0.3) is 0 Å². The molecule has 134 valence electrons. The van der Waals surface area contributed by atoms with Crippen molar-refractivity contribution in [2.24, 2.45) is 0 Å². The predicted molar refractivity (Wildman–Crippen MR) is 94.2 cm³/mol. The molecular weight excluding hydrogens is 318 g/mol. The molecule has 2 amide bonds. The number of nitrogens with zero attached hydrogens (tertiary/aromatic N) is 3. The van der Waals surface area contributed by atoms with Crippen molar-refractivity contribution in [2.45, 2.75) is 57.8 Å². The largest absolute Gasteiger partial charge is 0.474 e. The summed E-state index contributed by atoms with van der Waals surface area (Å²) in [5.74, 6) is 0.639. The van der Waals surface area contributed by atoms with Gasteiger partial charge in [0.1, 0.15) is 6.10 Å². The summed E-state index contributed by atoms with van der Waals surface area (Å²) >= 11 is 0. The van der Waals surface area contributed by atoms with E-state index in [1.165, 1.54) is 12.8 Å². The van der Waals surface area contributed by atoms with E-state index < -0.39 is 0 Å². The number of carbonyl (C=O) groups is 1. The van der Waals surface area contributed by atoms with Gasteiger partial charge in [0.2, 0.25) is 5.88 Å². The summed E-state index contributed by atoms with van der Waals surface area (Å²) in [7, 11) is 0. The van der Waals surface area contributed by atoms with Gasteiger partial charge < -0.3 is 19.9 Å². The molecule has 2 N–H and O–H groups in total. The molecular formula is C18H25N5O2. The second-order valence-corrected chi connectivity index (χ2v) is 6.51. The zero-order valence-corrected chi connectivity index (χ0v) is 14.5. The first kappa shape index (κ1) is 17.3. The van der Waals surface area contributed by atoms with E-state index in [9.17, 15) is 4.79 Å². The monoisotopic (exact) mass is 343 g/mol. The van der Waals surface area contributed by atoms with E-state index in [0.717, 1.165) is 18.4 Å². The first-order valence-electron chi connectivity index (χ1n) is 8.81. The van der Waals surface area contributed by atoms with Crippen molar-refractivity contribution >= 4 is 6.03 Å². The Balaban J connectivity index is 1.43. The van der Waals surface area contributed by atoms with Crippen molar-refractivity contribution in [1.82, 2.24) is 25.2 Å². The summed E-state index contributed by atoms with van der Waals surface area (Å²) in [6, 6.07) is 3.60. The van der Waals surface area contributed by atoms with Crippen LogP contribution in [0.3, 0.4) is 0 Å². The molecule has 0 radical (unpaired) electrons. The normalized spacial score (nSPS) is 15.7. The number of imidazole rings is 1. The third-order valence-corrected chi connectivity index (χ3v) is 4.26. The van der Waals surface area contributed by atoms with Crippen LogP contribution >= 0.6 is 0 Å². The Morgan fingerprint density at radius 1 is 1.40 bits per heavy atom. The van der Waals surface area contributed by atoms with Gasteiger partial charge in [-0.15, -0.1) is 0 Å². The minimum atomic E-state index is -0.192. The van der Waals surface area contributed by atoms with E-state index in [-0.39, 0.29) is 18.2 Å². The van der Waals surface area contributed by atoms with Crippen LogP contribution in [0.1, 0.15) is 38.2 Å². The van der Waals surface area contributed by atoms with Crippen molar-refractivity contribution in [3.05, 3.63) is 42.6 Å². The topological polar surface area (TPSA) is 81.1 Å². The van der Waals surface area contributed by atoms with Crippen molar-refractivity contribution in [2.75, 3.05) is 0 Å². The van der Waals surface area contributed by atoms with Gasteiger partial charge in [-0.1, -0.05) is 0 Å². The number of amides is 2. The average molecular weight is 343 g/mol. The second kappa shape index (κ2) is 8.50. The molecule has 0 spiro atoms. The van der Waals surface area contributed by atoms with Gasteiger partial charge in [-0.05, 0) is 44.2 Å². The highest BCUT2D eigenvalue weighted by atomic mass is 16.5. The lowest BCUT2D eigenvalue weighted by molar-refractivity contribution is 0.201. The number of rotatable bonds is 7. The van der Waals surface area contributed by atoms with E-state index >= 15 is 0 Å². The molecule has 1 fully saturated rings. The van der Waals surface area contributed by atoms with Crippen LogP contribution in [-0.4, -0.2) is 32.7 Å². The van der Waals surface area contributed by atoms with Crippen LogP contribution in [0, 0.1) is 0 Å². The van der Waals surface area contributed by atoms with Gasteiger partial charge in [0.15, 0.2) is 0 Å². The maximum Gasteiger partial charge on any atom is 0.315 e. The summed E-state index contributed by atoms with van der Waals surface area (Å²) in [5.41, 5.74) is 0.973. The number of hydrogen-bond donors (Lipinski definition) is 2. The maximum absolute atomic E-state index is 12.0. The highest BCUT2D eigenvalue weighted by molar-refractivity contribution is 5.74. The molecule has 0 saturated heterocycles. The molecule has 0 aromatic carbocycles. The SMILES string of the molecule is C[C@@H](Cn1ccnc1)NC(=O)NCc1ccnc(OC2CCCC2)c1. The zero-order chi connectivity index (χ0) is 17.5. The van der Waals surface area contributed by atoms with Gasteiger partial charge in [-0.25, -0.2) is 14.8 Å². The Bertz CT molecular complexity index is 668. The highest BCUT2D eigenvalue weighted by Crippen LogP contribution is 2.23. The lowest BCUT2D eigenvalue weighted by atomic mass is 10.2. The Hall–Kier alpha value is -2.57. The quantitative estimate of drug-likeness (QED) is 0.809. The molecule has 1 atom stereocenters. The molecule has 25 heavy (non-hydrogen) atoms. The van der Waals surface area contributed by atoms with Crippen LogP contribution in [0.25, 0.3) is 0 Å². The van der Waals surface area contributed by atoms with Crippen LogP contribution < -0.4 is 15.4 Å². The van der Waals surface area contributed by atoms with Crippen LogP contribution in [-0.2, 0) is 13.1 Å². The van der Waals surface area contributed by atoms with E-state index in [1.807, 2.05) is 29.8 Å². The van der Waals surface area contributed by atoms with Crippen molar-refractivity contribution < 1.29 is 9.53 Å². The van der Waals surface area contributed by atoms with E-state index in [4.69, 9.17) is 4.74 Å². The minimum Gasteiger partial charge on any atom is -0.474 e. The Kier molecular flexibility index (Phi) is 5.87. The minimum absolute atomic E-state index is 0.00732. The molecule has 0 aliphatic heterocycles. The molecule has 2 heterocycles. The number of ether oxygens (including phenoxy) is 1. The van der Waals surface area contributed by atoms with E-state index in [1.54, 1.807) is 18.7 Å². The average Bonchev–Trinajstić information content (AvgIpc) is 3.27. The van der Waals surface area contributed by atoms with Crippen LogP contribution in [0.15, 0.2) is 37.1 Å². The third kappa shape index (κ3) is 5.48. The fourth-order valence-electron chi connectivity index (χ4n) is 3.02. The van der Waals surface area contributed by atoms with Gasteiger partial charge in [0, 0.05) is 43.8 Å². The maximum atomic E-state index is 12.0. The number of nitrogens with one attached hydrogen (secondary N) is 2. The summed E-state index contributed by atoms with van der Waals surface area (Å²) in [4.78, 5) is 20.3. The van der Waals surface area contributed by atoms with Gasteiger partial charge >= 0.3 is 6.03 Å². The molecule has 3 rings (SSSR count). The summed E-state index contributed by atoms with van der Waals surface area (Å²) in [6.07, 6.45) is 12.0. The Labute approximate surface area is 147 Å². The van der Waals surface area contributed by atoms with E-state index in [0.29, 0.717) is 19.0 Å². The molecule has 1 saturated carbocycles. The fraction of sp³-hybridized carbons (Fsp3) is 0.500.